The highest BCUT2D eigenvalue weighted by atomic mass is 15.2. The van der Waals surface area contributed by atoms with Crippen molar-refractivity contribution in [2.24, 2.45) is 5.92 Å². The maximum atomic E-state index is 3.23. The predicted molar refractivity (Wildman–Crippen MR) is 65.1 cm³/mol. The molecular weight excluding hydrogens is 184 g/mol. The zero-order valence-electron chi connectivity index (χ0n) is 10.2. The molecule has 2 heteroatoms. The molecule has 0 spiro atoms. The third kappa shape index (κ3) is 2.94. The van der Waals surface area contributed by atoms with E-state index < -0.39 is 0 Å². The lowest BCUT2D eigenvalue weighted by Crippen LogP contribution is -2.43. The summed E-state index contributed by atoms with van der Waals surface area (Å²) < 4.78 is 0. The minimum atomic E-state index is 0.966. The number of likely N-dealkylation sites (tertiary alicyclic amines) is 1. The third-order valence-electron chi connectivity index (χ3n) is 4.23. The maximum absolute atomic E-state index is 3.23. The predicted octanol–water partition coefficient (Wildman–Crippen LogP) is 2.25. The highest BCUT2D eigenvalue weighted by Crippen LogP contribution is 2.36. The standard InChI is InChI=1S/C13H26N2/c1-14-9-2-3-10-15-11-5-7-12-6-4-8-13(12)15/h12-14H,2-11H2,1H3. The molecule has 0 amide bonds. The first kappa shape index (κ1) is 11.4. The first-order valence-electron chi connectivity index (χ1n) is 6.80. The lowest BCUT2D eigenvalue weighted by Gasteiger charge is -2.37. The van der Waals surface area contributed by atoms with Crippen LogP contribution in [-0.4, -0.2) is 37.6 Å². The summed E-state index contributed by atoms with van der Waals surface area (Å²) in [6.07, 6.45) is 10.2. The van der Waals surface area contributed by atoms with Crippen LogP contribution in [0.3, 0.4) is 0 Å². The Kier molecular flexibility index (Phi) is 4.45. The number of hydrogen-bond donors (Lipinski definition) is 1. The number of fused-ring (bicyclic) bond motifs is 1. The second kappa shape index (κ2) is 5.86. The Hall–Kier alpha value is -0.0800. The minimum Gasteiger partial charge on any atom is -0.320 e. The van der Waals surface area contributed by atoms with E-state index in [9.17, 15) is 0 Å². The summed E-state index contributed by atoms with van der Waals surface area (Å²) in [5, 5.41) is 3.23. The summed E-state index contributed by atoms with van der Waals surface area (Å²) in [4.78, 5) is 2.79. The smallest absolute Gasteiger partial charge is 0.0123 e. The van der Waals surface area contributed by atoms with Crippen LogP contribution >= 0.6 is 0 Å². The van der Waals surface area contributed by atoms with Crippen molar-refractivity contribution < 1.29 is 0 Å². The van der Waals surface area contributed by atoms with Crippen molar-refractivity contribution in [1.29, 1.82) is 0 Å². The molecule has 2 rings (SSSR count). The monoisotopic (exact) mass is 210 g/mol. The molecule has 2 fully saturated rings. The van der Waals surface area contributed by atoms with Gasteiger partial charge in [-0.15, -0.1) is 0 Å². The average Bonchev–Trinajstić information content (AvgIpc) is 2.73. The molecule has 0 aromatic carbocycles. The summed E-state index contributed by atoms with van der Waals surface area (Å²) in [5.41, 5.74) is 0. The van der Waals surface area contributed by atoms with Crippen molar-refractivity contribution in [3.63, 3.8) is 0 Å². The van der Waals surface area contributed by atoms with Crippen LogP contribution in [0.2, 0.25) is 0 Å². The molecular formula is C13H26N2. The largest absolute Gasteiger partial charge is 0.320 e. The van der Waals surface area contributed by atoms with Crippen molar-refractivity contribution in [1.82, 2.24) is 10.2 Å². The van der Waals surface area contributed by atoms with Gasteiger partial charge in [0.05, 0.1) is 0 Å². The number of nitrogens with one attached hydrogen (secondary N) is 1. The van der Waals surface area contributed by atoms with Crippen LogP contribution in [-0.2, 0) is 0 Å². The molecule has 1 aliphatic heterocycles. The molecule has 1 N–H and O–H groups in total. The lowest BCUT2D eigenvalue weighted by atomic mass is 9.92. The van der Waals surface area contributed by atoms with Crippen molar-refractivity contribution in [2.75, 3.05) is 26.7 Å². The van der Waals surface area contributed by atoms with Gasteiger partial charge in [0.1, 0.15) is 0 Å². The average molecular weight is 210 g/mol. The molecule has 2 nitrogen and oxygen atoms in total. The van der Waals surface area contributed by atoms with Crippen LogP contribution in [0.15, 0.2) is 0 Å². The van der Waals surface area contributed by atoms with Crippen LogP contribution in [0.25, 0.3) is 0 Å². The molecule has 2 atom stereocenters. The van der Waals surface area contributed by atoms with Gasteiger partial charge in [-0.2, -0.15) is 0 Å². The fraction of sp³-hybridized carbons (Fsp3) is 1.00. The van der Waals surface area contributed by atoms with E-state index in [1.807, 2.05) is 7.05 Å². The van der Waals surface area contributed by atoms with Crippen LogP contribution in [0.5, 0.6) is 0 Å². The number of unbranched alkanes of at least 4 members (excludes halogenated alkanes) is 1. The quantitative estimate of drug-likeness (QED) is 0.700. The normalized spacial score (nSPS) is 31.8. The van der Waals surface area contributed by atoms with E-state index in [0.29, 0.717) is 0 Å². The Morgan fingerprint density at radius 1 is 1.13 bits per heavy atom. The van der Waals surface area contributed by atoms with Gasteiger partial charge < -0.3 is 10.2 Å². The van der Waals surface area contributed by atoms with Gasteiger partial charge in [0.15, 0.2) is 0 Å². The Bertz CT molecular complexity index is 181. The first-order valence-corrected chi connectivity index (χ1v) is 6.80. The lowest BCUT2D eigenvalue weighted by molar-refractivity contribution is 0.111. The molecule has 0 radical (unpaired) electrons. The first-order chi connectivity index (χ1) is 7.42. The van der Waals surface area contributed by atoms with Crippen molar-refractivity contribution in [3.8, 4) is 0 Å². The van der Waals surface area contributed by atoms with E-state index in [0.717, 1.165) is 12.0 Å². The van der Waals surface area contributed by atoms with Crippen molar-refractivity contribution in [2.45, 2.75) is 51.0 Å². The van der Waals surface area contributed by atoms with Crippen LogP contribution in [0.4, 0.5) is 0 Å². The molecule has 1 saturated heterocycles. The van der Waals surface area contributed by atoms with Gasteiger partial charge in [0.25, 0.3) is 0 Å². The summed E-state index contributed by atoms with van der Waals surface area (Å²) >= 11 is 0. The molecule has 0 aromatic heterocycles. The molecule has 0 bridgehead atoms. The van der Waals surface area contributed by atoms with E-state index in [-0.39, 0.29) is 0 Å². The van der Waals surface area contributed by atoms with Gasteiger partial charge >= 0.3 is 0 Å². The summed E-state index contributed by atoms with van der Waals surface area (Å²) in [5.74, 6) is 1.06. The van der Waals surface area contributed by atoms with Crippen molar-refractivity contribution >= 4 is 0 Å². The second-order valence-electron chi connectivity index (χ2n) is 5.25. The molecule has 88 valence electrons. The van der Waals surface area contributed by atoms with E-state index in [2.05, 4.69) is 10.2 Å². The van der Waals surface area contributed by atoms with Gasteiger partial charge in [-0.25, -0.2) is 0 Å². The van der Waals surface area contributed by atoms with E-state index >= 15 is 0 Å². The molecule has 1 heterocycles. The SMILES string of the molecule is CNCCCCN1CCCC2CCCC21. The highest BCUT2D eigenvalue weighted by Gasteiger charge is 2.34. The van der Waals surface area contributed by atoms with Gasteiger partial charge in [-0.05, 0) is 71.1 Å². The van der Waals surface area contributed by atoms with Gasteiger partial charge in [-0.1, -0.05) is 6.42 Å². The zero-order chi connectivity index (χ0) is 10.5. The zero-order valence-corrected chi connectivity index (χ0v) is 10.2. The number of rotatable bonds is 5. The third-order valence-corrected chi connectivity index (χ3v) is 4.23. The number of piperidine rings is 1. The number of nitrogens with zero attached hydrogens (tertiary/aromatic N) is 1. The van der Waals surface area contributed by atoms with Gasteiger partial charge in [-0.3, -0.25) is 0 Å². The molecule has 1 aliphatic carbocycles. The van der Waals surface area contributed by atoms with Crippen LogP contribution in [0, 0.1) is 5.92 Å². The van der Waals surface area contributed by atoms with Gasteiger partial charge in [0, 0.05) is 6.04 Å². The Morgan fingerprint density at radius 3 is 2.87 bits per heavy atom. The Balaban J connectivity index is 1.71. The van der Waals surface area contributed by atoms with Crippen LogP contribution < -0.4 is 5.32 Å². The minimum absolute atomic E-state index is 0.966. The fourth-order valence-corrected chi connectivity index (χ4v) is 3.45. The van der Waals surface area contributed by atoms with Crippen molar-refractivity contribution in [3.05, 3.63) is 0 Å². The van der Waals surface area contributed by atoms with Crippen LogP contribution in [0.1, 0.15) is 44.9 Å². The fourth-order valence-electron chi connectivity index (χ4n) is 3.45. The molecule has 1 saturated carbocycles. The Morgan fingerprint density at radius 2 is 2.00 bits per heavy atom. The summed E-state index contributed by atoms with van der Waals surface area (Å²) in [6, 6.07) is 0.966. The Labute approximate surface area is 94.4 Å². The molecule has 15 heavy (non-hydrogen) atoms. The van der Waals surface area contributed by atoms with Gasteiger partial charge in [0.2, 0.25) is 0 Å². The number of hydrogen-bond acceptors (Lipinski definition) is 2. The second-order valence-corrected chi connectivity index (χ2v) is 5.25. The molecule has 0 aromatic rings. The summed E-state index contributed by atoms with van der Waals surface area (Å²) in [6.45, 7) is 3.91. The highest BCUT2D eigenvalue weighted by molar-refractivity contribution is 4.88. The maximum Gasteiger partial charge on any atom is 0.0123 e. The topological polar surface area (TPSA) is 15.3 Å². The molecule has 2 unspecified atom stereocenters. The summed E-state index contributed by atoms with van der Waals surface area (Å²) in [7, 11) is 2.05. The van der Waals surface area contributed by atoms with E-state index in [1.165, 1.54) is 64.6 Å². The molecule has 2 aliphatic rings. The van der Waals surface area contributed by atoms with E-state index in [1.54, 1.807) is 0 Å². The van der Waals surface area contributed by atoms with E-state index in [4.69, 9.17) is 0 Å².